The maximum atomic E-state index is 13.9. The molecule has 0 aliphatic carbocycles. The largest absolute Gasteiger partial charge is 0.480 e. The molecular formula is C12H15FN2O4. The summed E-state index contributed by atoms with van der Waals surface area (Å²) in [5.74, 6) is -2.53. The highest BCUT2D eigenvalue weighted by Gasteiger charge is 2.16. The zero-order chi connectivity index (χ0) is 14.4. The maximum Gasteiger partial charge on any atom is 0.323 e. The van der Waals surface area contributed by atoms with Gasteiger partial charge < -0.3 is 20.5 Å². The Morgan fingerprint density at radius 2 is 2.16 bits per heavy atom. The molecule has 0 spiro atoms. The number of primary amides is 1. The standard InChI is InChI=1S/C12H15FN2O4/c1-19-5-4-15(7-11(16)17)10-3-2-8(12(14)18)6-9(10)13/h2-3,6H,4-5,7H2,1H3,(H2,14,18)(H,16,17). The van der Waals surface area contributed by atoms with E-state index in [1.54, 1.807) is 0 Å². The molecular weight excluding hydrogens is 255 g/mol. The summed E-state index contributed by atoms with van der Waals surface area (Å²) in [6.45, 7) is 0.107. The summed E-state index contributed by atoms with van der Waals surface area (Å²) in [5.41, 5.74) is 5.15. The number of hydrogen-bond donors (Lipinski definition) is 2. The molecule has 104 valence electrons. The predicted octanol–water partition coefficient (Wildman–Crippen LogP) is 0.462. The first-order chi connectivity index (χ1) is 8.95. The Labute approximate surface area is 109 Å². The van der Waals surface area contributed by atoms with Gasteiger partial charge in [0.2, 0.25) is 5.91 Å². The third-order valence-corrected chi connectivity index (χ3v) is 2.46. The summed E-state index contributed by atoms with van der Waals surface area (Å²) in [6.07, 6.45) is 0. The van der Waals surface area contributed by atoms with Crippen LogP contribution in [0.4, 0.5) is 10.1 Å². The number of methoxy groups -OCH3 is 1. The summed E-state index contributed by atoms with van der Waals surface area (Å²) in [4.78, 5) is 23.0. The molecule has 0 saturated heterocycles. The highest BCUT2D eigenvalue weighted by Crippen LogP contribution is 2.20. The number of ether oxygens (including phenoxy) is 1. The fourth-order valence-electron chi connectivity index (χ4n) is 1.57. The lowest BCUT2D eigenvalue weighted by molar-refractivity contribution is -0.135. The molecule has 1 rings (SSSR count). The van der Waals surface area contributed by atoms with Crippen molar-refractivity contribution in [3.8, 4) is 0 Å². The Hall–Kier alpha value is -2.15. The topological polar surface area (TPSA) is 92.9 Å². The van der Waals surface area contributed by atoms with E-state index in [0.29, 0.717) is 0 Å². The van der Waals surface area contributed by atoms with Crippen LogP contribution in [0.2, 0.25) is 0 Å². The number of nitrogens with two attached hydrogens (primary N) is 1. The number of carbonyl (C=O) groups is 2. The lowest BCUT2D eigenvalue weighted by atomic mass is 10.1. The Morgan fingerprint density at radius 3 is 2.63 bits per heavy atom. The van der Waals surface area contributed by atoms with E-state index >= 15 is 0 Å². The van der Waals surface area contributed by atoms with Crippen molar-refractivity contribution >= 4 is 17.6 Å². The number of carbonyl (C=O) groups excluding carboxylic acids is 1. The van der Waals surface area contributed by atoms with Gasteiger partial charge >= 0.3 is 5.97 Å². The molecule has 6 nitrogen and oxygen atoms in total. The van der Waals surface area contributed by atoms with E-state index in [9.17, 15) is 14.0 Å². The van der Waals surface area contributed by atoms with Gasteiger partial charge in [0.05, 0.1) is 12.3 Å². The van der Waals surface area contributed by atoms with Crippen molar-refractivity contribution in [1.82, 2.24) is 0 Å². The third-order valence-electron chi connectivity index (χ3n) is 2.46. The van der Waals surface area contributed by atoms with Crippen LogP contribution in [0.25, 0.3) is 0 Å². The van der Waals surface area contributed by atoms with E-state index in [-0.39, 0.29) is 30.9 Å². The molecule has 0 aliphatic heterocycles. The van der Waals surface area contributed by atoms with Gasteiger partial charge in [-0.25, -0.2) is 4.39 Å². The average molecular weight is 270 g/mol. The van der Waals surface area contributed by atoms with Crippen LogP contribution < -0.4 is 10.6 Å². The van der Waals surface area contributed by atoms with Gasteiger partial charge in [-0.2, -0.15) is 0 Å². The first-order valence-corrected chi connectivity index (χ1v) is 5.50. The quantitative estimate of drug-likeness (QED) is 0.751. The average Bonchev–Trinajstić information content (AvgIpc) is 2.34. The molecule has 1 aromatic rings. The number of nitrogens with zero attached hydrogens (tertiary/aromatic N) is 1. The fraction of sp³-hybridized carbons (Fsp3) is 0.333. The number of amides is 1. The van der Waals surface area contributed by atoms with Crippen LogP contribution in [0.1, 0.15) is 10.4 Å². The smallest absolute Gasteiger partial charge is 0.323 e. The number of rotatable bonds is 7. The van der Waals surface area contributed by atoms with Gasteiger partial charge in [0.25, 0.3) is 0 Å². The van der Waals surface area contributed by atoms with E-state index in [1.165, 1.54) is 24.1 Å². The normalized spacial score (nSPS) is 10.2. The number of aliphatic carboxylic acids is 1. The highest BCUT2D eigenvalue weighted by molar-refractivity contribution is 5.93. The molecule has 3 N–H and O–H groups in total. The molecule has 0 saturated carbocycles. The van der Waals surface area contributed by atoms with E-state index in [1.807, 2.05) is 0 Å². The summed E-state index contributed by atoms with van der Waals surface area (Å²) >= 11 is 0. The first kappa shape index (κ1) is 14.9. The minimum Gasteiger partial charge on any atom is -0.480 e. The molecule has 0 heterocycles. The molecule has 7 heteroatoms. The molecule has 0 fully saturated rings. The van der Waals surface area contributed by atoms with E-state index in [4.69, 9.17) is 15.6 Å². The highest BCUT2D eigenvalue weighted by atomic mass is 19.1. The van der Waals surface area contributed by atoms with Gasteiger partial charge in [0, 0.05) is 19.2 Å². The van der Waals surface area contributed by atoms with Crippen molar-refractivity contribution in [2.75, 3.05) is 31.7 Å². The summed E-state index contributed by atoms with van der Waals surface area (Å²) in [5, 5.41) is 8.80. The molecule has 0 unspecified atom stereocenters. The van der Waals surface area contributed by atoms with Crippen molar-refractivity contribution in [2.45, 2.75) is 0 Å². The van der Waals surface area contributed by atoms with Gasteiger partial charge in [-0.15, -0.1) is 0 Å². The minimum absolute atomic E-state index is 0.0308. The lowest BCUT2D eigenvalue weighted by Gasteiger charge is -2.23. The number of halogens is 1. The van der Waals surface area contributed by atoms with Gasteiger partial charge in [-0.05, 0) is 18.2 Å². The molecule has 1 aromatic carbocycles. The van der Waals surface area contributed by atoms with Crippen LogP contribution in [-0.2, 0) is 9.53 Å². The second-order valence-corrected chi connectivity index (χ2v) is 3.84. The maximum absolute atomic E-state index is 13.9. The van der Waals surface area contributed by atoms with Crippen molar-refractivity contribution in [2.24, 2.45) is 5.73 Å². The van der Waals surface area contributed by atoms with E-state index in [0.717, 1.165) is 6.07 Å². The van der Waals surface area contributed by atoms with Crippen molar-refractivity contribution in [1.29, 1.82) is 0 Å². The Kier molecular flexibility index (Phi) is 5.25. The van der Waals surface area contributed by atoms with Gasteiger partial charge in [-0.3, -0.25) is 9.59 Å². The van der Waals surface area contributed by atoms with Gasteiger partial charge in [0.15, 0.2) is 0 Å². The van der Waals surface area contributed by atoms with Crippen LogP contribution in [0.3, 0.4) is 0 Å². The van der Waals surface area contributed by atoms with E-state index < -0.39 is 17.7 Å². The van der Waals surface area contributed by atoms with Gasteiger partial charge in [0.1, 0.15) is 12.4 Å². The zero-order valence-corrected chi connectivity index (χ0v) is 10.4. The van der Waals surface area contributed by atoms with Crippen LogP contribution in [0.15, 0.2) is 18.2 Å². The Morgan fingerprint density at radius 1 is 1.47 bits per heavy atom. The Bertz CT molecular complexity index is 479. The van der Waals surface area contributed by atoms with Gasteiger partial charge in [-0.1, -0.05) is 0 Å². The summed E-state index contributed by atoms with van der Waals surface area (Å²) < 4.78 is 18.7. The summed E-state index contributed by atoms with van der Waals surface area (Å²) in [7, 11) is 1.46. The van der Waals surface area contributed by atoms with Crippen molar-refractivity contribution in [3.05, 3.63) is 29.6 Å². The van der Waals surface area contributed by atoms with Crippen LogP contribution in [0, 0.1) is 5.82 Å². The number of carboxylic acid groups (broad SMARTS) is 1. The number of benzene rings is 1. The summed E-state index contributed by atoms with van der Waals surface area (Å²) in [6, 6.07) is 3.66. The lowest BCUT2D eigenvalue weighted by Crippen LogP contribution is -2.33. The van der Waals surface area contributed by atoms with Crippen molar-refractivity contribution in [3.63, 3.8) is 0 Å². The van der Waals surface area contributed by atoms with E-state index in [2.05, 4.69) is 0 Å². The molecule has 0 bridgehead atoms. The SMILES string of the molecule is COCCN(CC(=O)O)c1ccc(C(N)=O)cc1F. The second kappa shape index (κ2) is 6.69. The molecule has 19 heavy (non-hydrogen) atoms. The Balaban J connectivity index is 3.00. The molecule has 0 aromatic heterocycles. The molecule has 1 amide bonds. The number of carboxylic acids is 1. The number of hydrogen-bond acceptors (Lipinski definition) is 4. The fourth-order valence-corrected chi connectivity index (χ4v) is 1.57. The zero-order valence-electron chi connectivity index (χ0n) is 10.4. The van der Waals surface area contributed by atoms with Crippen molar-refractivity contribution < 1.29 is 23.8 Å². The molecule has 0 aliphatic rings. The van der Waals surface area contributed by atoms with Crippen LogP contribution in [0.5, 0.6) is 0 Å². The van der Waals surface area contributed by atoms with Crippen LogP contribution >= 0.6 is 0 Å². The predicted molar refractivity (Wildman–Crippen MR) is 66.6 cm³/mol. The molecule has 0 radical (unpaired) electrons. The van der Waals surface area contributed by atoms with Crippen LogP contribution in [-0.4, -0.2) is 43.8 Å². The minimum atomic E-state index is -1.09. The number of anilines is 1. The molecule has 0 atom stereocenters. The third kappa shape index (κ3) is 4.22. The second-order valence-electron chi connectivity index (χ2n) is 3.84. The monoisotopic (exact) mass is 270 g/mol. The first-order valence-electron chi connectivity index (χ1n) is 5.50.